The van der Waals surface area contributed by atoms with Crippen LogP contribution < -0.4 is 9.47 Å². The summed E-state index contributed by atoms with van der Waals surface area (Å²) >= 11 is 0. The lowest BCUT2D eigenvalue weighted by Crippen LogP contribution is -2.69. The molecular formula is C32H46N2O8. The standard InChI is InChI=1S/C32H46N2O8/c1-9-16-33(17-10-2)24-20-32(39,30(37)38)21-27(29(24)34(22(4)35)31(5,6)7)42-28(36)15-13-23-12-14-25(41-18-11-3)26(19-23)40-8/h9-10,12-15,19,24,27,29,39H,1-2,11,16-18,20-21H2,3-8H3,(H,37,38)/b15-13+/t24-,27-,29+,32+/m1/s1. The zero-order valence-corrected chi connectivity index (χ0v) is 25.7. The Kier molecular flexibility index (Phi) is 12.4. The number of nitrogens with zero attached hydrogens (tertiary/aromatic N) is 2. The van der Waals surface area contributed by atoms with Crippen molar-refractivity contribution < 1.29 is 38.8 Å². The molecule has 0 radical (unpaired) electrons. The molecule has 42 heavy (non-hydrogen) atoms. The number of ether oxygens (including phenoxy) is 3. The van der Waals surface area contributed by atoms with E-state index in [4.69, 9.17) is 14.2 Å². The third-order valence-electron chi connectivity index (χ3n) is 7.14. The Bertz CT molecular complexity index is 1150. The molecule has 10 nitrogen and oxygen atoms in total. The second-order valence-corrected chi connectivity index (χ2v) is 11.5. The summed E-state index contributed by atoms with van der Waals surface area (Å²) in [6.45, 7) is 17.8. The SMILES string of the molecule is C=CCN(CC=C)[C@@H]1C[C@@](O)(C(=O)O)C[C@@H](OC(=O)/C=C/c2ccc(OCCC)c(OC)c2)[C@H]1N(C(C)=O)C(C)(C)C. The van der Waals surface area contributed by atoms with Crippen LogP contribution in [-0.2, 0) is 19.1 Å². The van der Waals surface area contributed by atoms with Crippen molar-refractivity contribution in [2.45, 2.75) is 83.2 Å². The average Bonchev–Trinajstić information content (AvgIpc) is 2.91. The van der Waals surface area contributed by atoms with Gasteiger partial charge in [0, 0.05) is 50.5 Å². The van der Waals surface area contributed by atoms with Gasteiger partial charge in [0.2, 0.25) is 5.91 Å². The topological polar surface area (TPSA) is 126 Å². The van der Waals surface area contributed by atoms with Crippen molar-refractivity contribution in [1.82, 2.24) is 9.80 Å². The van der Waals surface area contributed by atoms with Crippen molar-refractivity contribution in [3.8, 4) is 11.5 Å². The van der Waals surface area contributed by atoms with E-state index in [1.165, 1.54) is 20.1 Å². The van der Waals surface area contributed by atoms with Gasteiger partial charge in [-0.05, 0) is 51.0 Å². The van der Waals surface area contributed by atoms with E-state index in [2.05, 4.69) is 13.2 Å². The number of methoxy groups -OCH3 is 1. The number of hydrogen-bond acceptors (Lipinski definition) is 8. The lowest BCUT2D eigenvalue weighted by molar-refractivity contribution is -0.189. The molecule has 0 heterocycles. The van der Waals surface area contributed by atoms with Crippen LogP contribution in [-0.4, -0.2) is 94.0 Å². The zero-order chi connectivity index (χ0) is 31.7. The van der Waals surface area contributed by atoms with E-state index in [0.29, 0.717) is 36.8 Å². The third-order valence-corrected chi connectivity index (χ3v) is 7.14. The molecule has 1 fully saturated rings. The first-order valence-corrected chi connectivity index (χ1v) is 14.1. The summed E-state index contributed by atoms with van der Waals surface area (Å²) in [7, 11) is 1.52. The summed E-state index contributed by atoms with van der Waals surface area (Å²) in [5.74, 6) is -1.36. The van der Waals surface area contributed by atoms with Crippen LogP contribution >= 0.6 is 0 Å². The highest BCUT2D eigenvalue weighted by molar-refractivity contribution is 5.87. The largest absolute Gasteiger partial charge is 0.493 e. The van der Waals surface area contributed by atoms with Gasteiger partial charge in [0.25, 0.3) is 0 Å². The minimum Gasteiger partial charge on any atom is -0.493 e. The molecule has 0 saturated heterocycles. The fraction of sp³-hybridized carbons (Fsp3) is 0.531. The Morgan fingerprint density at radius 1 is 1.12 bits per heavy atom. The van der Waals surface area contributed by atoms with Crippen LogP contribution in [0, 0.1) is 0 Å². The number of esters is 1. The zero-order valence-electron chi connectivity index (χ0n) is 25.7. The second kappa shape index (κ2) is 15.0. The van der Waals surface area contributed by atoms with E-state index >= 15 is 0 Å². The van der Waals surface area contributed by atoms with Gasteiger partial charge >= 0.3 is 11.9 Å². The summed E-state index contributed by atoms with van der Waals surface area (Å²) in [6.07, 6.45) is 5.19. The van der Waals surface area contributed by atoms with Gasteiger partial charge in [-0.2, -0.15) is 0 Å². The molecular weight excluding hydrogens is 540 g/mol. The van der Waals surface area contributed by atoms with E-state index < -0.39 is 47.7 Å². The molecule has 4 atom stereocenters. The smallest absolute Gasteiger partial charge is 0.335 e. The molecule has 2 rings (SSSR count). The minimum absolute atomic E-state index is 0.190. The van der Waals surface area contributed by atoms with E-state index in [1.54, 1.807) is 41.3 Å². The fourth-order valence-corrected chi connectivity index (χ4v) is 5.50. The molecule has 0 aromatic heterocycles. The molecule has 0 aliphatic heterocycles. The minimum atomic E-state index is -2.20. The third kappa shape index (κ3) is 8.69. The van der Waals surface area contributed by atoms with E-state index in [9.17, 15) is 24.6 Å². The van der Waals surface area contributed by atoms with Gasteiger partial charge in [-0.15, -0.1) is 13.2 Å². The first-order chi connectivity index (χ1) is 19.7. The van der Waals surface area contributed by atoms with Crippen molar-refractivity contribution in [3.05, 3.63) is 55.1 Å². The highest BCUT2D eigenvalue weighted by Crippen LogP contribution is 2.39. The second-order valence-electron chi connectivity index (χ2n) is 11.5. The molecule has 1 aliphatic carbocycles. The normalized spacial score (nSPS) is 22.4. The molecule has 232 valence electrons. The van der Waals surface area contributed by atoms with Crippen LogP contribution in [0.15, 0.2) is 49.6 Å². The van der Waals surface area contributed by atoms with Crippen molar-refractivity contribution in [3.63, 3.8) is 0 Å². The predicted molar refractivity (Wildman–Crippen MR) is 161 cm³/mol. The van der Waals surface area contributed by atoms with Crippen molar-refractivity contribution >= 4 is 23.9 Å². The summed E-state index contributed by atoms with van der Waals surface area (Å²) in [5.41, 5.74) is -2.26. The van der Waals surface area contributed by atoms with Crippen molar-refractivity contribution in [2.24, 2.45) is 0 Å². The Morgan fingerprint density at radius 3 is 2.26 bits per heavy atom. The molecule has 1 aliphatic rings. The van der Waals surface area contributed by atoms with E-state index in [1.807, 2.05) is 32.6 Å². The van der Waals surface area contributed by atoms with Gasteiger partial charge in [-0.1, -0.05) is 25.1 Å². The number of benzene rings is 1. The molecule has 0 bridgehead atoms. The number of carboxylic acid groups (broad SMARTS) is 1. The van der Waals surface area contributed by atoms with Crippen molar-refractivity contribution in [1.29, 1.82) is 0 Å². The summed E-state index contributed by atoms with van der Waals surface area (Å²) in [5, 5.41) is 21.3. The number of carbonyl (C=O) groups is 3. The van der Waals surface area contributed by atoms with Crippen LogP contribution in [0.1, 0.15) is 59.4 Å². The quantitative estimate of drug-likeness (QED) is 0.188. The lowest BCUT2D eigenvalue weighted by atomic mass is 9.74. The maximum absolute atomic E-state index is 13.2. The van der Waals surface area contributed by atoms with Gasteiger partial charge in [0.1, 0.15) is 6.10 Å². The highest BCUT2D eigenvalue weighted by Gasteiger charge is 2.56. The average molecular weight is 587 g/mol. The maximum atomic E-state index is 13.2. The van der Waals surface area contributed by atoms with Crippen LogP contribution in [0.3, 0.4) is 0 Å². The number of carbonyl (C=O) groups excluding carboxylic acids is 2. The number of rotatable bonds is 14. The molecule has 1 saturated carbocycles. The Balaban J connectivity index is 2.52. The van der Waals surface area contributed by atoms with E-state index in [0.717, 1.165) is 6.42 Å². The molecule has 1 amide bonds. The Labute approximate surface area is 249 Å². The summed E-state index contributed by atoms with van der Waals surface area (Å²) < 4.78 is 17.0. The van der Waals surface area contributed by atoms with Gasteiger partial charge in [0.05, 0.1) is 19.8 Å². The number of carboxylic acids is 1. The molecule has 10 heteroatoms. The predicted octanol–water partition coefficient (Wildman–Crippen LogP) is 4.08. The summed E-state index contributed by atoms with van der Waals surface area (Å²) in [6, 6.07) is 3.77. The van der Waals surface area contributed by atoms with Gasteiger partial charge in [0.15, 0.2) is 17.1 Å². The molecule has 2 N–H and O–H groups in total. The Morgan fingerprint density at radius 2 is 1.76 bits per heavy atom. The van der Waals surface area contributed by atoms with Crippen LogP contribution in [0.2, 0.25) is 0 Å². The van der Waals surface area contributed by atoms with Crippen LogP contribution in [0.5, 0.6) is 11.5 Å². The number of aliphatic hydroxyl groups is 1. The van der Waals surface area contributed by atoms with Crippen LogP contribution in [0.25, 0.3) is 6.08 Å². The molecule has 1 aromatic carbocycles. The highest BCUT2D eigenvalue weighted by atomic mass is 16.5. The van der Waals surface area contributed by atoms with Gasteiger partial charge in [-0.25, -0.2) is 9.59 Å². The van der Waals surface area contributed by atoms with Crippen molar-refractivity contribution in [2.75, 3.05) is 26.8 Å². The first-order valence-electron chi connectivity index (χ1n) is 14.1. The van der Waals surface area contributed by atoms with Crippen LogP contribution in [0.4, 0.5) is 0 Å². The van der Waals surface area contributed by atoms with E-state index in [-0.39, 0.29) is 12.3 Å². The van der Waals surface area contributed by atoms with Gasteiger partial charge in [-0.3, -0.25) is 9.69 Å². The number of aliphatic carboxylic acids is 1. The first kappa shape index (κ1) is 34.6. The molecule has 1 aromatic rings. The lowest BCUT2D eigenvalue weighted by Gasteiger charge is -2.54. The fourth-order valence-electron chi connectivity index (χ4n) is 5.50. The molecule has 0 unspecified atom stereocenters. The monoisotopic (exact) mass is 586 g/mol. The number of hydrogen-bond donors (Lipinski definition) is 2. The van der Waals surface area contributed by atoms with Gasteiger partial charge < -0.3 is 29.3 Å². The number of amides is 1. The maximum Gasteiger partial charge on any atom is 0.335 e. The Hall–Kier alpha value is -3.63. The molecule has 0 spiro atoms. The summed E-state index contributed by atoms with van der Waals surface area (Å²) in [4.78, 5) is 42.1.